The van der Waals surface area contributed by atoms with E-state index in [0.29, 0.717) is 0 Å². The molecule has 18 heavy (non-hydrogen) atoms. The van der Waals surface area contributed by atoms with Crippen molar-refractivity contribution in [2.45, 2.75) is 19.9 Å². The van der Waals surface area contributed by atoms with Crippen molar-refractivity contribution in [3.8, 4) is 0 Å². The Labute approximate surface area is 112 Å². The molecule has 0 aliphatic carbocycles. The van der Waals surface area contributed by atoms with E-state index in [1.807, 2.05) is 38.3 Å². The molecule has 0 aliphatic rings. The fraction of sp³-hybridized carbons (Fsp3) is 0.286. The zero-order chi connectivity index (χ0) is 13.5. The van der Waals surface area contributed by atoms with Crippen molar-refractivity contribution in [3.05, 3.63) is 41.1 Å². The first-order valence-corrected chi connectivity index (χ1v) is 6.88. The lowest BCUT2D eigenvalue weighted by Crippen LogP contribution is -2.16. The second-order valence-corrected chi connectivity index (χ2v) is 4.72. The van der Waals surface area contributed by atoms with Gasteiger partial charge in [0.25, 0.3) is 0 Å². The summed E-state index contributed by atoms with van der Waals surface area (Å²) in [5.41, 5.74) is 3.09. The Balaban J connectivity index is 3.15. The Bertz CT molecular complexity index is 469. The van der Waals surface area contributed by atoms with E-state index in [-0.39, 0.29) is 6.04 Å². The third-order valence-corrected chi connectivity index (χ3v) is 3.68. The molecule has 0 aromatic heterocycles. The highest BCUT2D eigenvalue weighted by molar-refractivity contribution is 8.07. The molecule has 0 aliphatic heterocycles. The van der Waals surface area contributed by atoms with Gasteiger partial charge in [-0.25, -0.2) is 0 Å². The van der Waals surface area contributed by atoms with Gasteiger partial charge in [-0.3, -0.25) is 9.79 Å². The van der Waals surface area contributed by atoms with Crippen LogP contribution in [0.4, 0.5) is 0 Å². The number of allylic oxidation sites excluding steroid dienone is 1. The number of amides is 1. The molecule has 0 saturated carbocycles. The Morgan fingerprint density at radius 1 is 1.56 bits per heavy atom. The predicted octanol–water partition coefficient (Wildman–Crippen LogP) is 3.25. The summed E-state index contributed by atoms with van der Waals surface area (Å²) < 4.78 is 0. The molecule has 1 atom stereocenters. The highest BCUT2D eigenvalue weighted by atomic mass is 32.2. The van der Waals surface area contributed by atoms with Gasteiger partial charge in [-0.15, -0.1) is 11.8 Å². The van der Waals surface area contributed by atoms with Gasteiger partial charge in [-0.2, -0.15) is 0 Å². The lowest BCUT2D eigenvalue weighted by Gasteiger charge is -2.13. The molecule has 1 amide bonds. The third-order valence-electron chi connectivity index (χ3n) is 2.74. The zero-order valence-corrected chi connectivity index (χ0v) is 11.8. The largest absolute Gasteiger partial charge is 0.352 e. The first-order chi connectivity index (χ1) is 8.63. The summed E-state index contributed by atoms with van der Waals surface area (Å²) in [5, 5.41) is 2.75. The molecule has 0 spiro atoms. The van der Waals surface area contributed by atoms with E-state index in [4.69, 9.17) is 0 Å². The van der Waals surface area contributed by atoms with Crippen LogP contribution in [0.3, 0.4) is 0 Å². The zero-order valence-electron chi connectivity index (χ0n) is 10.9. The van der Waals surface area contributed by atoms with Crippen LogP contribution < -0.4 is 5.32 Å². The van der Waals surface area contributed by atoms with Gasteiger partial charge in [0.05, 0.1) is 11.7 Å². The molecule has 0 fully saturated rings. The Kier molecular flexibility index (Phi) is 5.65. The smallest absolute Gasteiger partial charge is 0.207 e. The van der Waals surface area contributed by atoms with E-state index < -0.39 is 0 Å². The van der Waals surface area contributed by atoms with Crippen LogP contribution in [0.1, 0.15) is 31.0 Å². The molecule has 1 rings (SSSR count). The number of carbonyl (C=O) groups is 1. The van der Waals surface area contributed by atoms with Crippen molar-refractivity contribution in [3.63, 3.8) is 0 Å². The Morgan fingerprint density at radius 2 is 2.28 bits per heavy atom. The van der Waals surface area contributed by atoms with Gasteiger partial charge in [0.1, 0.15) is 0 Å². The van der Waals surface area contributed by atoms with E-state index in [0.717, 1.165) is 28.1 Å². The molecule has 3 nitrogen and oxygen atoms in total. The number of nitrogens with zero attached hydrogens (tertiary/aromatic N) is 1. The molecule has 0 unspecified atom stereocenters. The molecule has 0 heterocycles. The Morgan fingerprint density at radius 3 is 2.83 bits per heavy atom. The SMILES string of the molecule is C=N/C(C)=C(\SC)c1cccc([C@H](C)NC=O)c1. The van der Waals surface area contributed by atoms with E-state index >= 15 is 0 Å². The first-order valence-electron chi connectivity index (χ1n) is 5.65. The molecule has 0 bridgehead atoms. The number of benzene rings is 1. The maximum absolute atomic E-state index is 10.5. The average molecular weight is 262 g/mol. The quantitative estimate of drug-likeness (QED) is 0.631. The summed E-state index contributed by atoms with van der Waals surface area (Å²) in [6.45, 7) is 7.46. The standard InChI is InChI=1S/C14H18N2OS/c1-10(16-9-17)12-6-5-7-13(8-12)14(18-4)11(2)15-3/h5-10H,3H2,1-2,4H3,(H,16,17)/b14-11-/t10-/m0/s1. The normalized spacial score (nSPS) is 13.5. The second kappa shape index (κ2) is 7.01. The van der Waals surface area contributed by atoms with Gasteiger partial charge in [0.15, 0.2) is 0 Å². The minimum absolute atomic E-state index is 0.00236. The molecular formula is C14H18N2OS. The van der Waals surface area contributed by atoms with Crippen molar-refractivity contribution in [1.29, 1.82) is 0 Å². The van der Waals surface area contributed by atoms with E-state index in [1.165, 1.54) is 0 Å². The number of carbonyl (C=O) groups excluding carboxylic acids is 1. The number of hydrogen-bond acceptors (Lipinski definition) is 3. The van der Waals surface area contributed by atoms with Gasteiger partial charge in [-0.05, 0) is 44.0 Å². The van der Waals surface area contributed by atoms with Gasteiger partial charge in [-0.1, -0.05) is 18.2 Å². The van der Waals surface area contributed by atoms with Gasteiger partial charge in [0.2, 0.25) is 6.41 Å². The van der Waals surface area contributed by atoms with Crippen LogP contribution in [0.5, 0.6) is 0 Å². The first kappa shape index (κ1) is 14.5. The van der Waals surface area contributed by atoms with Crippen LogP contribution in [0, 0.1) is 0 Å². The maximum atomic E-state index is 10.5. The minimum Gasteiger partial charge on any atom is -0.352 e. The fourth-order valence-electron chi connectivity index (χ4n) is 1.69. The number of hydrogen-bond donors (Lipinski definition) is 1. The predicted molar refractivity (Wildman–Crippen MR) is 79.7 cm³/mol. The van der Waals surface area contributed by atoms with Crippen molar-refractivity contribution in [2.24, 2.45) is 4.99 Å². The van der Waals surface area contributed by atoms with Crippen LogP contribution >= 0.6 is 11.8 Å². The van der Waals surface area contributed by atoms with Crippen molar-refractivity contribution in [1.82, 2.24) is 5.32 Å². The molecule has 4 heteroatoms. The summed E-state index contributed by atoms with van der Waals surface area (Å²) in [6.07, 6.45) is 2.74. The van der Waals surface area contributed by atoms with Crippen LogP contribution in [-0.4, -0.2) is 19.4 Å². The molecule has 1 aromatic carbocycles. The Hall–Kier alpha value is -1.55. The lowest BCUT2D eigenvalue weighted by molar-refractivity contribution is -0.110. The van der Waals surface area contributed by atoms with Crippen LogP contribution in [0.2, 0.25) is 0 Å². The van der Waals surface area contributed by atoms with Gasteiger partial charge in [0, 0.05) is 4.91 Å². The topological polar surface area (TPSA) is 41.5 Å². The van der Waals surface area contributed by atoms with E-state index in [9.17, 15) is 4.79 Å². The minimum atomic E-state index is 0.00236. The molecule has 0 radical (unpaired) electrons. The van der Waals surface area contributed by atoms with Gasteiger partial charge >= 0.3 is 0 Å². The molecule has 96 valence electrons. The monoisotopic (exact) mass is 262 g/mol. The fourth-order valence-corrected chi connectivity index (χ4v) is 2.42. The summed E-state index contributed by atoms with van der Waals surface area (Å²) in [5.74, 6) is 0. The van der Waals surface area contributed by atoms with Crippen molar-refractivity contribution >= 4 is 29.8 Å². The summed E-state index contributed by atoms with van der Waals surface area (Å²) >= 11 is 1.65. The van der Waals surface area contributed by atoms with Crippen LogP contribution in [0.15, 0.2) is 35.0 Å². The van der Waals surface area contributed by atoms with Gasteiger partial charge < -0.3 is 5.32 Å². The highest BCUT2D eigenvalue weighted by Crippen LogP contribution is 2.30. The van der Waals surface area contributed by atoms with Crippen LogP contribution in [-0.2, 0) is 4.79 Å². The highest BCUT2D eigenvalue weighted by Gasteiger charge is 2.08. The number of thioether (sulfide) groups is 1. The number of rotatable bonds is 6. The average Bonchev–Trinajstić information content (AvgIpc) is 2.40. The van der Waals surface area contributed by atoms with E-state index in [1.54, 1.807) is 11.8 Å². The summed E-state index contributed by atoms with van der Waals surface area (Å²) in [4.78, 5) is 15.6. The molecule has 0 saturated heterocycles. The molecular weight excluding hydrogens is 244 g/mol. The lowest BCUT2D eigenvalue weighted by atomic mass is 10.0. The number of aliphatic imine (C=N–C) groups is 1. The number of nitrogens with one attached hydrogen (secondary N) is 1. The molecule has 1 aromatic rings. The van der Waals surface area contributed by atoms with Crippen LogP contribution in [0.25, 0.3) is 4.91 Å². The van der Waals surface area contributed by atoms with E-state index in [2.05, 4.69) is 23.1 Å². The maximum Gasteiger partial charge on any atom is 0.207 e. The summed E-state index contributed by atoms with van der Waals surface area (Å²) in [6, 6.07) is 8.10. The third kappa shape index (κ3) is 3.47. The second-order valence-electron chi connectivity index (χ2n) is 3.91. The van der Waals surface area contributed by atoms with Crippen molar-refractivity contribution in [2.75, 3.05) is 6.26 Å². The molecule has 1 N–H and O–H groups in total. The summed E-state index contributed by atoms with van der Waals surface area (Å²) in [7, 11) is 0. The van der Waals surface area contributed by atoms with Crippen molar-refractivity contribution < 1.29 is 4.79 Å².